The van der Waals surface area contributed by atoms with E-state index in [1.54, 1.807) is 24.4 Å². The molecule has 1 N–H and O–H groups in total. The molecule has 0 saturated heterocycles. The van der Waals surface area contributed by atoms with Crippen molar-refractivity contribution in [3.05, 3.63) is 45.9 Å². The fraction of sp³-hybridized carbons (Fsp3) is 0.333. The van der Waals surface area contributed by atoms with E-state index in [2.05, 4.69) is 10.3 Å². The van der Waals surface area contributed by atoms with Gasteiger partial charge in [-0.15, -0.1) is 11.3 Å². The Morgan fingerprint density at radius 3 is 2.91 bits per heavy atom. The van der Waals surface area contributed by atoms with Crippen LogP contribution in [-0.2, 0) is 23.0 Å². The van der Waals surface area contributed by atoms with E-state index in [0.717, 1.165) is 10.6 Å². The summed E-state index contributed by atoms with van der Waals surface area (Å²) in [5.74, 6) is -0.187. The number of nitrogens with zero attached hydrogens (tertiary/aromatic N) is 2. The highest BCUT2D eigenvalue weighted by molar-refractivity contribution is 7.92. The molecule has 0 radical (unpaired) electrons. The third-order valence-corrected chi connectivity index (χ3v) is 5.79. The second-order valence-electron chi connectivity index (χ2n) is 5.56. The average Bonchev–Trinajstić information content (AvgIpc) is 3.09. The molecule has 122 valence electrons. The zero-order chi connectivity index (χ0) is 16.6. The topological polar surface area (TPSA) is 79.4 Å². The standard InChI is InChI=1S/C15H17N3O3S2/c1-10-7-12-8-11(3-4-13(12)18(10)23(2,20)21)15(19)17-9-14-16-5-6-22-14/h3-6,8,10H,7,9H2,1-2H3,(H,17,19). The molecule has 1 atom stereocenters. The Morgan fingerprint density at radius 2 is 2.26 bits per heavy atom. The van der Waals surface area contributed by atoms with Gasteiger partial charge in [0.05, 0.1) is 18.5 Å². The summed E-state index contributed by atoms with van der Waals surface area (Å²) in [7, 11) is -3.31. The number of thiazole rings is 1. The molecular formula is C15H17N3O3S2. The van der Waals surface area contributed by atoms with Gasteiger partial charge in [0.1, 0.15) is 5.01 Å². The number of sulfonamides is 1. The van der Waals surface area contributed by atoms with Gasteiger partial charge in [0.2, 0.25) is 10.0 Å². The number of anilines is 1. The Bertz CT molecular complexity index is 832. The Hall–Kier alpha value is -1.93. The summed E-state index contributed by atoms with van der Waals surface area (Å²) in [4.78, 5) is 16.4. The third kappa shape index (κ3) is 3.23. The minimum Gasteiger partial charge on any atom is -0.346 e. The first-order valence-electron chi connectivity index (χ1n) is 7.15. The first-order chi connectivity index (χ1) is 10.9. The molecule has 0 fully saturated rings. The van der Waals surface area contributed by atoms with Crippen LogP contribution in [0.1, 0.15) is 27.9 Å². The maximum absolute atomic E-state index is 12.2. The normalized spacial score (nSPS) is 17.1. The van der Waals surface area contributed by atoms with E-state index in [1.807, 2.05) is 12.3 Å². The lowest BCUT2D eigenvalue weighted by atomic mass is 10.1. The van der Waals surface area contributed by atoms with Crippen LogP contribution in [0.3, 0.4) is 0 Å². The fourth-order valence-electron chi connectivity index (χ4n) is 2.85. The Morgan fingerprint density at radius 1 is 1.48 bits per heavy atom. The molecule has 1 aromatic heterocycles. The van der Waals surface area contributed by atoms with E-state index >= 15 is 0 Å². The van der Waals surface area contributed by atoms with Gasteiger partial charge in [0, 0.05) is 23.2 Å². The molecular weight excluding hydrogens is 334 g/mol. The van der Waals surface area contributed by atoms with Gasteiger partial charge in [0.15, 0.2) is 0 Å². The van der Waals surface area contributed by atoms with Crippen molar-refractivity contribution < 1.29 is 13.2 Å². The van der Waals surface area contributed by atoms with Gasteiger partial charge in [0.25, 0.3) is 5.91 Å². The molecule has 2 heterocycles. The predicted molar refractivity (Wildman–Crippen MR) is 90.2 cm³/mol. The summed E-state index contributed by atoms with van der Waals surface area (Å²) >= 11 is 1.48. The van der Waals surface area contributed by atoms with Crippen LogP contribution >= 0.6 is 11.3 Å². The summed E-state index contributed by atoms with van der Waals surface area (Å²) in [6.45, 7) is 2.25. The van der Waals surface area contributed by atoms with Crippen molar-refractivity contribution in [1.82, 2.24) is 10.3 Å². The highest BCUT2D eigenvalue weighted by Gasteiger charge is 2.32. The van der Waals surface area contributed by atoms with E-state index in [1.165, 1.54) is 21.9 Å². The van der Waals surface area contributed by atoms with Crippen molar-refractivity contribution in [3.63, 3.8) is 0 Å². The zero-order valence-corrected chi connectivity index (χ0v) is 14.4. The van der Waals surface area contributed by atoms with Gasteiger partial charge in [-0.1, -0.05) is 0 Å². The summed E-state index contributed by atoms with van der Waals surface area (Å²) in [5, 5.41) is 5.53. The highest BCUT2D eigenvalue weighted by Crippen LogP contribution is 2.34. The Labute approximate surface area is 139 Å². The highest BCUT2D eigenvalue weighted by atomic mass is 32.2. The van der Waals surface area contributed by atoms with Gasteiger partial charge in [-0.2, -0.15) is 0 Å². The Balaban J connectivity index is 1.79. The molecule has 1 aliphatic heterocycles. The average molecular weight is 351 g/mol. The summed E-state index contributed by atoms with van der Waals surface area (Å²) in [6.07, 6.45) is 3.51. The number of fused-ring (bicyclic) bond motifs is 1. The second-order valence-corrected chi connectivity index (χ2v) is 8.40. The lowest BCUT2D eigenvalue weighted by Crippen LogP contribution is -2.34. The van der Waals surface area contributed by atoms with Crippen LogP contribution < -0.4 is 9.62 Å². The quantitative estimate of drug-likeness (QED) is 0.911. The molecule has 1 aromatic carbocycles. The van der Waals surface area contributed by atoms with Gasteiger partial charge in [-0.3, -0.25) is 9.10 Å². The van der Waals surface area contributed by atoms with Crippen LogP contribution in [0.2, 0.25) is 0 Å². The fourth-order valence-corrected chi connectivity index (χ4v) is 4.67. The number of hydrogen-bond donors (Lipinski definition) is 1. The van der Waals surface area contributed by atoms with Crippen molar-refractivity contribution in [2.24, 2.45) is 0 Å². The second kappa shape index (κ2) is 5.93. The number of aromatic nitrogens is 1. The molecule has 1 aliphatic rings. The van der Waals surface area contributed by atoms with Gasteiger partial charge >= 0.3 is 0 Å². The van der Waals surface area contributed by atoms with E-state index in [9.17, 15) is 13.2 Å². The first kappa shape index (κ1) is 15.9. The molecule has 23 heavy (non-hydrogen) atoms. The number of carbonyl (C=O) groups excluding carboxylic acids is 1. The smallest absolute Gasteiger partial charge is 0.251 e. The minimum atomic E-state index is -3.31. The van der Waals surface area contributed by atoms with Crippen molar-refractivity contribution in [2.45, 2.75) is 25.9 Å². The van der Waals surface area contributed by atoms with Crippen molar-refractivity contribution >= 4 is 33.0 Å². The molecule has 0 bridgehead atoms. The summed E-state index contributed by atoms with van der Waals surface area (Å²) in [5.41, 5.74) is 2.07. The summed E-state index contributed by atoms with van der Waals surface area (Å²) in [6, 6.07) is 5.01. The SMILES string of the molecule is CC1Cc2cc(C(=O)NCc3nccs3)ccc2N1S(C)(=O)=O. The minimum absolute atomic E-state index is 0.131. The molecule has 0 saturated carbocycles. The van der Waals surface area contributed by atoms with E-state index in [-0.39, 0.29) is 11.9 Å². The molecule has 2 aromatic rings. The maximum Gasteiger partial charge on any atom is 0.251 e. The molecule has 0 aliphatic carbocycles. The monoisotopic (exact) mass is 351 g/mol. The van der Waals surface area contributed by atoms with E-state index < -0.39 is 10.0 Å². The molecule has 1 unspecified atom stereocenters. The number of hydrogen-bond acceptors (Lipinski definition) is 5. The van der Waals surface area contributed by atoms with Gasteiger partial charge < -0.3 is 5.32 Å². The number of amides is 1. The molecule has 3 rings (SSSR count). The number of nitrogens with one attached hydrogen (secondary N) is 1. The molecule has 6 nitrogen and oxygen atoms in total. The number of rotatable bonds is 4. The lowest BCUT2D eigenvalue weighted by molar-refractivity contribution is 0.0951. The molecule has 1 amide bonds. The largest absolute Gasteiger partial charge is 0.346 e. The third-order valence-electron chi connectivity index (χ3n) is 3.74. The number of benzene rings is 1. The predicted octanol–water partition coefficient (Wildman–Crippen LogP) is 1.78. The first-order valence-corrected chi connectivity index (χ1v) is 9.88. The van der Waals surface area contributed by atoms with E-state index in [4.69, 9.17) is 0 Å². The number of carbonyl (C=O) groups is 1. The van der Waals surface area contributed by atoms with Crippen LogP contribution in [-0.4, -0.2) is 31.6 Å². The van der Waals surface area contributed by atoms with Gasteiger partial charge in [-0.05, 0) is 37.1 Å². The van der Waals surface area contributed by atoms with Gasteiger partial charge in [-0.25, -0.2) is 13.4 Å². The van der Waals surface area contributed by atoms with E-state index in [0.29, 0.717) is 24.2 Å². The van der Waals surface area contributed by atoms with Crippen LogP contribution in [0.4, 0.5) is 5.69 Å². The summed E-state index contributed by atoms with van der Waals surface area (Å²) < 4.78 is 25.2. The maximum atomic E-state index is 12.2. The van der Waals surface area contributed by atoms with Crippen molar-refractivity contribution in [3.8, 4) is 0 Å². The lowest BCUT2D eigenvalue weighted by Gasteiger charge is -2.21. The van der Waals surface area contributed by atoms with Crippen LogP contribution in [0.5, 0.6) is 0 Å². The van der Waals surface area contributed by atoms with Crippen molar-refractivity contribution in [1.29, 1.82) is 0 Å². The molecule has 8 heteroatoms. The van der Waals surface area contributed by atoms with Crippen LogP contribution in [0.15, 0.2) is 29.8 Å². The zero-order valence-electron chi connectivity index (χ0n) is 12.8. The van der Waals surface area contributed by atoms with Crippen LogP contribution in [0, 0.1) is 0 Å². The van der Waals surface area contributed by atoms with Crippen molar-refractivity contribution in [2.75, 3.05) is 10.6 Å². The Kier molecular flexibility index (Phi) is 4.11. The molecule has 0 spiro atoms. The van der Waals surface area contributed by atoms with Crippen LogP contribution in [0.25, 0.3) is 0 Å².